The molecule has 0 N–H and O–H groups in total. The highest BCUT2D eigenvalue weighted by molar-refractivity contribution is 6.01. The Bertz CT molecular complexity index is 594. The SMILES string of the molecule is O=C(OCCOCCN1C(=O)OC2CCCCCCC21)ON1C(=O)CCC1=O. The van der Waals surface area contributed by atoms with Gasteiger partial charge in [0.25, 0.3) is 11.8 Å². The van der Waals surface area contributed by atoms with E-state index < -0.39 is 18.0 Å². The zero-order chi connectivity index (χ0) is 19.9. The van der Waals surface area contributed by atoms with Gasteiger partial charge in [-0.25, -0.2) is 9.59 Å². The second kappa shape index (κ2) is 9.72. The zero-order valence-electron chi connectivity index (χ0n) is 15.8. The molecule has 2 saturated heterocycles. The van der Waals surface area contributed by atoms with E-state index in [2.05, 4.69) is 4.84 Å². The predicted molar refractivity (Wildman–Crippen MR) is 92.8 cm³/mol. The summed E-state index contributed by atoms with van der Waals surface area (Å²) in [6.45, 7) is 0.723. The minimum atomic E-state index is -1.13. The molecule has 0 bridgehead atoms. The molecule has 2 unspecified atom stereocenters. The third-order valence-corrected chi connectivity index (χ3v) is 5.15. The van der Waals surface area contributed by atoms with Crippen LogP contribution in [0.15, 0.2) is 0 Å². The van der Waals surface area contributed by atoms with E-state index in [0.717, 1.165) is 25.7 Å². The summed E-state index contributed by atoms with van der Waals surface area (Å²) in [5, 5.41) is 0.424. The summed E-state index contributed by atoms with van der Waals surface area (Å²) in [5.74, 6) is -1.13. The third kappa shape index (κ3) is 5.12. The molecule has 1 saturated carbocycles. The van der Waals surface area contributed by atoms with Crippen molar-refractivity contribution in [3.8, 4) is 0 Å². The van der Waals surface area contributed by atoms with Crippen LogP contribution in [0.3, 0.4) is 0 Å². The molecule has 2 atom stereocenters. The summed E-state index contributed by atoms with van der Waals surface area (Å²) in [6.07, 6.45) is 5.00. The van der Waals surface area contributed by atoms with E-state index in [1.165, 1.54) is 12.8 Å². The lowest BCUT2D eigenvalue weighted by molar-refractivity contribution is -0.177. The van der Waals surface area contributed by atoms with Crippen molar-refractivity contribution in [2.75, 3.05) is 26.4 Å². The van der Waals surface area contributed by atoms with Crippen LogP contribution in [0.2, 0.25) is 0 Å². The Morgan fingerprint density at radius 1 is 0.964 bits per heavy atom. The summed E-state index contributed by atoms with van der Waals surface area (Å²) in [7, 11) is 0. The summed E-state index contributed by atoms with van der Waals surface area (Å²) < 4.78 is 15.7. The van der Waals surface area contributed by atoms with E-state index >= 15 is 0 Å². The Morgan fingerprint density at radius 3 is 2.43 bits per heavy atom. The van der Waals surface area contributed by atoms with Gasteiger partial charge in [0.1, 0.15) is 12.7 Å². The summed E-state index contributed by atoms with van der Waals surface area (Å²) >= 11 is 0. The summed E-state index contributed by atoms with van der Waals surface area (Å²) in [5.41, 5.74) is 0. The number of rotatable bonds is 7. The molecule has 3 amide bonds. The van der Waals surface area contributed by atoms with E-state index in [1.807, 2.05) is 0 Å². The van der Waals surface area contributed by atoms with E-state index in [4.69, 9.17) is 14.2 Å². The molecule has 10 heteroatoms. The molecule has 2 heterocycles. The largest absolute Gasteiger partial charge is 0.534 e. The van der Waals surface area contributed by atoms with Crippen molar-refractivity contribution in [1.29, 1.82) is 0 Å². The number of nitrogens with zero attached hydrogens (tertiary/aromatic N) is 2. The number of hydrogen-bond donors (Lipinski definition) is 0. The van der Waals surface area contributed by atoms with Gasteiger partial charge >= 0.3 is 12.2 Å². The molecule has 10 nitrogen and oxygen atoms in total. The Balaban J connectivity index is 1.30. The maximum Gasteiger partial charge on any atom is 0.534 e. The molecule has 2 aliphatic heterocycles. The molecule has 0 aromatic heterocycles. The van der Waals surface area contributed by atoms with Crippen LogP contribution in [-0.4, -0.2) is 72.5 Å². The van der Waals surface area contributed by atoms with Crippen molar-refractivity contribution in [3.05, 3.63) is 0 Å². The number of imide groups is 1. The summed E-state index contributed by atoms with van der Waals surface area (Å²) in [6, 6.07) is 0.109. The third-order valence-electron chi connectivity index (χ3n) is 5.15. The van der Waals surface area contributed by atoms with E-state index in [1.54, 1.807) is 4.90 Å². The van der Waals surface area contributed by atoms with Crippen LogP contribution in [-0.2, 0) is 28.6 Å². The second-order valence-corrected chi connectivity index (χ2v) is 7.06. The monoisotopic (exact) mass is 398 g/mol. The highest BCUT2D eigenvalue weighted by Crippen LogP contribution is 2.29. The Hall–Kier alpha value is -2.36. The fourth-order valence-electron chi connectivity index (χ4n) is 3.72. The van der Waals surface area contributed by atoms with Crippen molar-refractivity contribution in [2.45, 2.75) is 63.5 Å². The van der Waals surface area contributed by atoms with Gasteiger partial charge in [-0.05, 0) is 19.3 Å². The van der Waals surface area contributed by atoms with Crippen molar-refractivity contribution in [1.82, 2.24) is 9.96 Å². The molecule has 0 aromatic carbocycles. The van der Waals surface area contributed by atoms with Gasteiger partial charge in [-0.15, -0.1) is 0 Å². The Kier molecular flexibility index (Phi) is 7.07. The van der Waals surface area contributed by atoms with Gasteiger partial charge in [0.05, 0.1) is 19.3 Å². The van der Waals surface area contributed by atoms with Crippen LogP contribution in [0.1, 0.15) is 51.4 Å². The van der Waals surface area contributed by atoms with Gasteiger partial charge in [-0.3, -0.25) is 19.3 Å². The van der Waals surface area contributed by atoms with Crippen LogP contribution in [0, 0.1) is 0 Å². The predicted octanol–water partition coefficient (Wildman–Crippen LogP) is 1.76. The van der Waals surface area contributed by atoms with Gasteiger partial charge in [-0.1, -0.05) is 24.3 Å². The van der Waals surface area contributed by atoms with Crippen LogP contribution in [0.4, 0.5) is 9.59 Å². The minimum absolute atomic E-state index is 0.0238. The molecule has 28 heavy (non-hydrogen) atoms. The zero-order valence-corrected chi connectivity index (χ0v) is 15.8. The topological polar surface area (TPSA) is 112 Å². The van der Waals surface area contributed by atoms with E-state index in [0.29, 0.717) is 18.2 Å². The normalized spacial score (nSPS) is 25.2. The van der Waals surface area contributed by atoms with Gasteiger partial charge in [0.15, 0.2) is 0 Å². The fraction of sp³-hybridized carbons (Fsp3) is 0.778. The standard InChI is InChI=1S/C18H26N2O8/c21-15-7-8-16(22)20(15)28-18(24)26-12-11-25-10-9-19-13-5-3-1-2-4-6-14(13)27-17(19)23/h13-14H,1-12H2. The van der Waals surface area contributed by atoms with Crippen LogP contribution in [0.5, 0.6) is 0 Å². The Morgan fingerprint density at radius 2 is 1.68 bits per heavy atom. The van der Waals surface area contributed by atoms with Gasteiger partial charge in [0, 0.05) is 19.4 Å². The summed E-state index contributed by atoms with van der Waals surface area (Å²) in [4.78, 5) is 52.5. The number of carbonyl (C=O) groups excluding carboxylic acids is 4. The molecule has 1 aliphatic carbocycles. The second-order valence-electron chi connectivity index (χ2n) is 7.06. The molecular weight excluding hydrogens is 372 g/mol. The quantitative estimate of drug-likeness (QED) is 0.362. The van der Waals surface area contributed by atoms with E-state index in [-0.39, 0.29) is 44.3 Å². The minimum Gasteiger partial charge on any atom is -0.444 e. The number of hydrogen-bond acceptors (Lipinski definition) is 8. The maximum atomic E-state index is 12.1. The average molecular weight is 398 g/mol. The molecule has 3 aliphatic rings. The van der Waals surface area contributed by atoms with Crippen molar-refractivity contribution < 1.29 is 38.2 Å². The van der Waals surface area contributed by atoms with Gasteiger partial charge < -0.3 is 14.2 Å². The van der Waals surface area contributed by atoms with Crippen LogP contribution >= 0.6 is 0 Å². The molecule has 156 valence electrons. The molecule has 0 radical (unpaired) electrons. The first-order valence-electron chi connectivity index (χ1n) is 9.82. The van der Waals surface area contributed by atoms with Gasteiger partial charge in [-0.2, -0.15) is 0 Å². The number of hydroxylamine groups is 2. The maximum absolute atomic E-state index is 12.1. The van der Waals surface area contributed by atoms with Gasteiger partial charge in [0.2, 0.25) is 0 Å². The van der Waals surface area contributed by atoms with Crippen LogP contribution in [0.25, 0.3) is 0 Å². The van der Waals surface area contributed by atoms with Crippen LogP contribution < -0.4 is 0 Å². The fourth-order valence-corrected chi connectivity index (χ4v) is 3.72. The first-order chi connectivity index (χ1) is 13.6. The molecule has 0 spiro atoms. The lowest BCUT2D eigenvalue weighted by Crippen LogP contribution is -2.39. The lowest BCUT2D eigenvalue weighted by Gasteiger charge is -2.26. The smallest absolute Gasteiger partial charge is 0.444 e. The first-order valence-corrected chi connectivity index (χ1v) is 9.82. The van der Waals surface area contributed by atoms with Crippen molar-refractivity contribution in [2.24, 2.45) is 0 Å². The highest BCUT2D eigenvalue weighted by Gasteiger charge is 2.41. The number of carbonyl (C=O) groups is 4. The van der Waals surface area contributed by atoms with E-state index in [9.17, 15) is 19.2 Å². The number of ether oxygens (including phenoxy) is 3. The molecule has 3 rings (SSSR count). The number of fused-ring (bicyclic) bond motifs is 1. The highest BCUT2D eigenvalue weighted by atomic mass is 16.8. The number of amides is 3. The average Bonchev–Trinajstić information content (AvgIpc) is 3.11. The first kappa shape index (κ1) is 20.4. The van der Waals surface area contributed by atoms with Crippen molar-refractivity contribution >= 4 is 24.1 Å². The lowest BCUT2D eigenvalue weighted by atomic mass is 9.94. The van der Waals surface area contributed by atoms with Crippen molar-refractivity contribution in [3.63, 3.8) is 0 Å². The molecule has 0 aromatic rings. The molecule has 3 fully saturated rings. The molecular formula is C18H26N2O8. The Labute approximate surface area is 162 Å².